The number of carbonyl (C=O) groups is 1. The van der Waals surface area contributed by atoms with Gasteiger partial charge in [-0.15, -0.1) is 0 Å². The summed E-state index contributed by atoms with van der Waals surface area (Å²) in [5.41, 5.74) is 15.2. The summed E-state index contributed by atoms with van der Waals surface area (Å²) in [6.45, 7) is 5.39. The standard InChI is InChI=1S/C21H22N6O3/c1-10-5-6-15(28)12(3)18(10)27-14-7-11(2)26(13-8-24-25(4)9-13)21(30)16(14)17(19(27)22)20(23)29/h5-9,28H,22H2,1-4H3,(H2,23,29). The van der Waals surface area contributed by atoms with E-state index in [2.05, 4.69) is 5.10 Å². The number of nitrogens with zero attached hydrogens (tertiary/aromatic N) is 4. The number of hydrogen-bond acceptors (Lipinski definition) is 5. The van der Waals surface area contributed by atoms with Crippen LogP contribution in [0, 0.1) is 20.8 Å². The van der Waals surface area contributed by atoms with E-state index in [4.69, 9.17) is 11.5 Å². The highest BCUT2D eigenvalue weighted by Gasteiger charge is 2.26. The van der Waals surface area contributed by atoms with Crippen LogP contribution in [0.1, 0.15) is 27.2 Å². The first-order valence-corrected chi connectivity index (χ1v) is 9.28. The Hall–Kier alpha value is -4.01. The number of pyridine rings is 1. The van der Waals surface area contributed by atoms with Crippen molar-refractivity contribution < 1.29 is 9.90 Å². The lowest BCUT2D eigenvalue weighted by Crippen LogP contribution is -2.23. The number of hydrogen-bond donors (Lipinski definition) is 3. The van der Waals surface area contributed by atoms with Gasteiger partial charge in [0.2, 0.25) is 0 Å². The van der Waals surface area contributed by atoms with E-state index >= 15 is 0 Å². The fourth-order valence-corrected chi connectivity index (χ4v) is 4.00. The number of phenols is 1. The Balaban J connectivity index is 2.21. The molecule has 154 valence electrons. The van der Waals surface area contributed by atoms with Gasteiger partial charge in [0.25, 0.3) is 11.5 Å². The van der Waals surface area contributed by atoms with E-state index in [1.165, 1.54) is 4.57 Å². The first kappa shape index (κ1) is 19.3. The highest BCUT2D eigenvalue weighted by atomic mass is 16.3. The third kappa shape index (κ3) is 2.59. The zero-order chi connectivity index (χ0) is 21.9. The van der Waals surface area contributed by atoms with Crippen LogP contribution in [0.5, 0.6) is 5.75 Å². The van der Waals surface area contributed by atoms with Gasteiger partial charge in [0.05, 0.1) is 34.0 Å². The molecule has 4 aromatic rings. The van der Waals surface area contributed by atoms with E-state index in [1.54, 1.807) is 60.7 Å². The quantitative estimate of drug-likeness (QED) is 0.477. The van der Waals surface area contributed by atoms with Gasteiger partial charge >= 0.3 is 0 Å². The second-order valence-electron chi connectivity index (χ2n) is 7.39. The number of aromatic nitrogens is 4. The van der Waals surface area contributed by atoms with E-state index in [-0.39, 0.29) is 22.5 Å². The molecule has 4 rings (SSSR count). The number of nitrogen functional groups attached to an aromatic ring is 1. The fraction of sp³-hybridized carbons (Fsp3) is 0.190. The lowest BCUT2D eigenvalue weighted by Gasteiger charge is -2.16. The number of fused-ring (bicyclic) bond motifs is 1. The average molecular weight is 406 g/mol. The third-order valence-corrected chi connectivity index (χ3v) is 5.38. The number of rotatable bonds is 3. The normalized spacial score (nSPS) is 11.3. The van der Waals surface area contributed by atoms with Crippen LogP contribution in [0.4, 0.5) is 5.82 Å². The van der Waals surface area contributed by atoms with E-state index in [0.29, 0.717) is 28.1 Å². The molecule has 9 heteroatoms. The number of primary amides is 1. The van der Waals surface area contributed by atoms with Crippen LogP contribution in [-0.4, -0.2) is 29.9 Å². The molecule has 1 aromatic carbocycles. The number of anilines is 1. The molecule has 0 saturated carbocycles. The molecule has 0 spiro atoms. The fourth-order valence-electron chi connectivity index (χ4n) is 4.00. The van der Waals surface area contributed by atoms with E-state index in [1.807, 2.05) is 6.92 Å². The van der Waals surface area contributed by atoms with Crippen molar-refractivity contribution in [3.8, 4) is 17.1 Å². The van der Waals surface area contributed by atoms with Crippen LogP contribution < -0.4 is 17.0 Å². The third-order valence-electron chi connectivity index (χ3n) is 5.38. The van der Waals surface area contributed by atoms with Crippen LogP contribution in [0.2, 0.25) is 0 Å². The summed E-state index contributed by atoms with van der Waals surface area (Å²) in [6.07, 6.45) is 3.27. The molecule has 3 aromatic heterocycles. The minimum absolute atomic E-state index is 0.0465. The number of aromatic hydroxyl groups is 1. The molecule has 0 unspecified atom stereocenters. The van der Waals surface area contributed by atoms with Crippen LogP contribution in [-0.2, 0) is 7.05 Å². The van der Waals surface area contributed by atoms with Crippen molar-refractivity contribution in [2.45, 2.75) is 20.8 Å². The van der Waals surface area contributed by atoms with Crippen LogP contribution in [0.15, 0.2) is 35.4 Å². The predicted molar refractivity (Wildman–Crippen MR) is 114 cm³/mol. The lowest BCUT2D eigenvalue weighted by molar-refractivity contribution is 0.100. The van der Waals surface area contributed by atoms with Crippen molar-refractivity contribution in [3.63, 3.8) is 0 Å². The van der Waals surface area contributed by atoms with E-state index in [9.17, 15) is 14.7 Å². The Morgan fingerprint density at radius 1 is 1.17 bits per heavy atom. The number of nitrogens with two attached hydrogens (primary N) is 2. The van der Waals surface area contributed by atoms with Crippen molar-refractivity contribution in [1.29, 1.82) is 0 Å². The Kier molecular flexibility index (Phi) is 4.19. The average Bonchev–Trinajstić information content (AvgIpc) is 3.21. The van der Waals surface area contributed by atoms with Gasteiger partial charge in [0, 0.05) is 24.5 Å². The van der Waals surface area contributed by atoms with Crippen LogP contribution >= 0.6 is 0 Å². The van der Waals surface area contributed by atoms with E-state index < -0.39 is 11.5 Å². The Morgan fingerprint density at radius 2 is 1.87 bits per heavy atom. The van der Waals surface area contributed by atoms with Crippen molar-refractivity contribution >= 4 is 22.6 Å². The Labute approximate surface area is 171 Å². The minimum atomic E-state index is -0.801. The van der Waals surface area contributed by atoms with Crippen molar-refractivity contribution in [2.24, 2.45) is 12.8 Å². The van der Waals surface area contributed by atoms with Gasteiger partial charge in [-0.05, 0) is 38.5 Å². The molecule has 0 saturated heterocycles. The molecule has 0 atom stereocenters. The molecule has 1 amide bonds. The number of benzene rings is 1. The summed E-state index contributed by atoms with van der Waals surface area (Å²) >= 11 is 0. The SMILES string of the molecule is Cc1ccc(O)c(C)c1-n1c(N)c(C(N)=O)c2c(=O)n(-c3cnn(C)c3)c(C)cc21. The number of carbonyl (C=O) groups excluding carboxylic acids is 1. The summed E-state index contributed by atoms with van der Waals surface area (Å²) in [5.74, 6) is -0.668. The number of aryl methyl sites for hydroxylation is 3. The highest BCUT2D eigenvalue weighted by Crippen LogP contribution is 2.35. The molecule has 5 N–H and O–H groups in total. The Bertz CT molecular complexity index is 1410. The maximum atomic E-state index is 13.5. The lowest BCUT2D eigenvalue weighted by atomic mass is 10.1. The second-order valence-corrected chi connectivity index (χ2v) is 7.39. The molecule has 0 fully saturated rings. The van der Waals surface area contributed by atoms with Crippen LogP contribution in [0.25, 0.3) is 22.3 Å². The van der Waals surface area contributed by atoms with Crippen molar-refractivity contribution in [3.05, 3.63) is 63.3 Å². The Morgan fingerprint density at radius 3 is 2.47 bits per heavy atom. The molecule has 3 heterocycles. The summed E-state index contributed by atoms with van der Waals surface area (Å²) in [7, 11) is 1.75. The molecule has 0 aliphatic heterocycles. The molecular weight excluding hydrogens is 384 g/mol. The minimum Gasteiger partial charge on any atom is -0.508 e. The summed E-state index contributed by atoms with van der Waals surface area (Å²) in [6, 6.07) is 5.11. The van der Waals surface area contributed by atoms with Gasteiger partial charge in [-0.25, -0.2) is 0 Å². The molecule has 30 heavy (non-hydrogen) atoms. The molecule has 9 nitrogen and oxygen atoms in total. The number of phenolic OH excluding ortho intramolecular Hbond substituents is 1. The zero-order valence-electron chi connectivity index (χ0n) is 17.1. The first-order valence-electron chi connectivity index (χ1n) is 9.28. The molecule has 0 bridgehead atoms. The summed E-state index contributed by atoms with van der Waals surface area (Å²) < 4.78 is 4.66. The van der Waals surface area contributed by atoms with E-state index in [0.717, 1.165) is 5.56 Å². The zero-order valence-corrected chi connectivity index (χ0v) is 17.1. The summed E-state index contributed by atoms with van der Waals surface area (Å²) in [5, 5.41) is 14.5. The van der Waals surface area contributed by atoms with Gasteiger partial charge in [0.15, 0.2) is 0 Å². The topological polar surface area (TPSA) is 134 Å². The van der Waals surface area contributed by atoms with Crippen LogP contribution in [0.3, 0.4) is 0 Å². The van der Waals surface area contributed by atoms with Crippen molar-refractivity contribution in [2.75, 3.05) is 5.73 Å². The monoisotopic (exact) mass is 406 g/mol. The summed E-state index contributed by atoms with van der Waals surface area (Å²) in [4.78, 5) is 25.8. The van der Waals surface area contributed by atoms with Gasteiger partial charge < -0.3 is 16.6 Å². The predicted octanol–water partition coefficient (Wildman–Crippen LogP) is 1.83. The second kappa shape index (κ2) is 6.51. The molecule has 0 aliphatic rings. The maximum Gasteiger partial charge on any atom is 0.265 e. The maximum absolute atomic E-state index is 13.5. The highest BCUT2D eigenvalue weighted by molar-refractivity contribution is 6.11. The van der Waals surface area contributed by atoms with Gasteiger partial charge in [-0.3, -0.25) is 23.4 Å². The molecule has 0 radical (unpaired) electrons. The smallest absolute Gasteiger partial charge is 0.265 e. The van der Waals surface area contributed by atoms with Gasteiger partial charge in [0.1, 0.15) is 11.6 Å². The van der Waals surface area contributed by atoms with Crippen molar-refractivity contribution in [1.82, 2.24) is 18.9 Å². The number of amides is 1. The molecule has 0 aliphatic carbocycles. The molecular formula is C21H22N6O3. The largest absolute Gasteiger partial charge is 0.508 e. The first-order chi connectivity index (χ1) is 14.1. The van der Waals surface area contributed by atoms with Gasteiger partial charge in [-0.2, -0.15) is 5.10 Å². The van der Waals surface area contributed by atoms with Gasteiger partial charge in [-0.1, -0.05) is 6.07 Å².